The van der Waals surface area contributed by atoms with E-state index in [1.807, 2.05) is 0 Å². The van der Waals surface area contributed by atoms with Crippen LogP contribution >= 0.6 is 0 Å². The Balaban J connectivity index is 1.28. The van der Waals surface area contributed by atoms with Crippen molar-refractivity contribution in [1.82, 2.24) is 0 Å². The Morgan fingerprint density at radius 1 is 0.941 bits per heavy atom. The van der Waals surface area contributed by atoms with Gasteiger partial charge in [-0.25, -0.2) is 0 Å². The molecular weight excluding hydrogens is 442 g/mol. The van der Waals surface area contributed by atoms with Crippen LogP contribution in [0.3, 0.4) is 0 Å². The zero-order valence-corrected chi connectivity index (χ0v) is 19.7. The third-order valence-corrected chi connectivity index (χ3v) is 7.59. The zero-order chi connectivity index (χ0) is 24.4. The largest absolute Gasteiger partial charge is 0.573 e. The van der Waals surface area contributed by atoms with Gasteiger partial charge in [-0.2, -0.15) is 9.65 Å². The van der Waals surface area contributed by atoms with Gasteiger partial charge in [0.15, 0.2) is 5.83 Å². The second-order valence-corrected chi connectivity index (χ2v) is 9.90. The predicted octanol–water partition coefficient (Wildman–Crippen LogP) is 8.84. The van der Waals surface area contributed by atoms with Gasteiger partial charge in [0.2, 0.25) is 0 Å². The summed E-state index contributed by atoms with van der Waals surface area (Å²) in [6.07, 6.45) is 14.8. The molecule has 0 aromatic heterocycles. The number of unbranched alkanes of at least 4 members (excludes halogenated alkanes) is 1. The summed E-state index contributed by atoms with van der Waals surface area (Å²) in [5, 5.41) is 8.45. The van der Waals surface area contributed by atoms with Crippen LogP contribution in [-0.2, 0) is 6.42 Å². The first-order chi connectivity index (χ1) is 16.3. The molecule has 1 aromatic rings. The normalized spacial score (nSPS) is 26.4. The van der Waals surface area contributed by atoms with Crippen LogP contribution in [0.15, 0.2) is 48.3 Å². The molecule has 2 aliphatic carbocycles. The van der Waals surface area contributed by atoms with E-state index in [2.05, 4.69) is 10.8 Å². The van der Waals surface area contributed by atoms with Crippen LogP contribution in [0, 0.1) is 35.0 Å². The number of rotatable bonds is 9. The van der Waals surface area contributed by atoms with Crippen molar-refractivity contribution < 1.29 is 22.3 Å². The molecule has 0 heterocycles. The number of benzene rings is 1. The molecule has 0 radical (unpaired) electrons. The molecule has 0 spiro atoms. The molecule has 2 aliphatic rings. The Hall–Kier alpha value is -2.29. The number of nitrogens with zero attached hydrogens (tertiary/aromatic N) is 1. The number of aryl methyl sites for hydroxylation is 1. The molecule has 0 N–H and O–H groups in total. The Kier molecular flexibility index (Phi) is 10.0. The van der Waals surface area contributed by atoms with E-state index in [1.165, 1.54) is 69.2 Å². The number of hydrogen-bond donors (Lipinski definition) is 0. The third kappa shape index (κ3) is 9.16. The molecule has 0 saturated heterocycles. The van der Waals surface area contributed by atoms with E-state index >= 15 is 0 Å². The highest BCUT2D eigenvalue weighted by molar-refractivity contribution is 5.27. The highest BCUT2D eigenvalue weighted by Gasteiger charge is 2.31. The molecule has 3 rings (SSSR count). The lowest BCUT2D eigenvalue weighted by Gasteiger charge is -2.37. The van der Waals surface area contributed by atoms with E-state index in [1.54, 1.807) is 18.2 Å². The summed E-state index contributed by atoms with van der Waals surface area (Å²) in [6.45, 7) is 0. The highest BCUT2D eigenvalue weighted by atomic mass is 19.4. The van der Waals surface area contributed by atoms with Crippen LogP contribution in [-0.4, -0.2) is 6.36 Å². The zero-order valence-electron chi connectivity index (χ0n) is 19.7. The van der Waals surface area contributed by atoms with Crippen molar-refractivity contribution in [3.05, 3.63) is 53.9 Å². The van der Waals surface area contributed by atoms with Gasteiger partial charge in [-0.05, 0) is 98.8 Å². The standard InChI is InChI=1S/C28H35F4NO/c29-26(20-33)7-3-6-23-10-16-25(17-11-23)24-14-8-21(9-15-24)4-1-2-5-22-12-18-27(19-13-22)34-28(30,31)32/h3,6-7,12-13,18-19,21,23-25H,1-2,4-5,8-11,14-17H2. The van der Waals surface area contributed by atoms with Crippen LogP contribution in [0.5, 0.6) is 5.75 Å². The van der Waals surface area contributed by atoms with E-state index in [-0.39, 0.29) is 5.75 Å². The number of ether oxygens (including phenoxy) is 1. The SMILES string of the molecule is N#CC(F)=CC=CC1CCC(C2CCC(CCCCc3ccc(OC(F)(F)F)cc3)CC2)CC1. The van der Waals surface area contributed by atoms with Gasteiger partial charge >= 0.3 is 6.36 Å². The Morgan fingerprint density at radius 3 is 2.15 bits per heavy atom. The monoisotopic (exact) mass is 477 g/mol. The predicted molar refractivity (Wildman–Crippen MR) is 126 cm³/mol. The Morgan fingerprint density at radius 2 is 1.56 bits per heavy atom. The van der Waals surface area contributed by atoms with E-state index < -0.39 is 12.2 Å². The van der Waals surface area contributed by atoms with Crippen molar-refractivity contribution in [2.24, 2.45) is 23.7 Å². The van der Waals surface area contributed by atoms with Crippen molar-refractivity contribution in [2.45, 2.75) is 83.4 Å². The van der Waals surface area contributed by atoms with Crippen molar-refractivity contribution in [3.63, 3.8) is 0 Å². The smallest absolute Gasteiger partial charge is 0.406 e. The summed E-state index contributed by atoms with van der Waals surface area (Å²) in [5.74, 6) is 2.07. The number of allylic oxidation sites excluding steroid dienone is 4. The molecule has 2 saturated carbocycles. The van der Waals surface area contributed by atoms with Crippen LogP contribution in [0.25, 0.3) is 0 Å². The first kappa shape index (κ1) is 26.3. The second kappa shape index (κ2) is 13.0. The van der Waals surface area contributed by atoms with E-state index in [0.29, 0.717) is 5.92 Å². The van der Waals surface area contributed by atoms with Gasteiger partial charge in [-0.1, -0.05) is 50.0 Å². The van der Waals surface area contributed by atoms with Crippen LogP contribution in [0.2, 0.25) is 0 Å². The first-order valence-electron chi connectivity index (χ1n) is 12.6. The summed E-state index contributed by atoms with van der Waals surface area (Å²) in [4.78, 5) is 0. The maximum absolute atomic E-state index is 12.9. The molecule has 0 atom stereocenters. The van der Waals surface area contributed by atoms with Crippen LogP contribution < -0.4 is 4.74 Å². The lowest BCUT2D eigenvalue weighted by molar-refractivity contribution is -0.274. The van der Waals surface area contributed by atoms with Crippen molar-refractivity contribution in [1.29, 1.82) is 5.26 Å². The molecule has 1 aromatic carbocycles. The van der Waals surface area contributed by atoms with Crippen molar-refractivity contribution in [2.75, 3.05) is 0 Å². The minimum Gasteiger partial charge on any atom is -0.406 e. The highest BCUT2D eigenvalue weighted by Crippen LogP contribution is 2.42. The van der Waals surface area contributed by atoms with Gasteiger partial charge in [0.25, 0.3) is 0 Å². The summed E-state index contributed by atoms with van der Waals surface area (Å²) < 4.78 is 53.5. The average Bonchev–Trinajstić information content (AvgIpc) is 2.82. The second-order valence-electron chi connectivity index (χ2n) is 9.90. The van der Waals surface area contributed by atoms with Gasteiger partial charge in [0.05, 0.1) is 0 Å². The number of hydrogen-bond acceptors (Lipinski definition) is 2. The summed E-state index contributed by atoms with van der Waals surface area (Å²) >= 11 is 0. The Labute approximate surface area is 200 Å². The van der Waals surface area contributed by atoms with Gasteiger partial charge < -0.3 is 4.74 Å². The molecule has 2 fully saturated rings. The minimum atomic E-state index is -4.64. The van der Waals surface area contributed by atoms with Gasteiger partial charge in [-0.3, -0.25) is 0 Å². The maximum Gasteiger partial charge on any atom is 0.573 e. The molecule has 6 heteroatoms. The summed E-state index contributed by atoms with van der Waals surface area (Å²) in [5.41, 5.74) is 1.05. The van der Waals surface area contributed by atoms with Crippen molar-refractivity contribution in [3.8, 4) is 11.8 Å². The van der Waals surface area contributed by atoms with Gasteiger partial charge in [0.1, 0.15) is 11.8 Å². The molecule has 0 amide bonds. The fourth-order valence-electron chi connectivity index (χ4n) is 5.71. The topological polar surface area (TPSA) is 33.0 Å². The fraction of sp³-hybridized carbons (Fsp3) is 0.607. The number of nitriles is 1. The minimum absolute atomic E-state index is 0.166. The maximum atomic E-state index is 12.9. The lowest BCUT2D eigenvalue weighted by atomic mass is 9.68. The van der Waals surface area contributed by atoms with E-state index in [0.717, 1.165) is 55.4 Å². The molecule has 186 valence electrons. The Bertz CT molecular complexity index is 837. The van der Waals surface area contributed by atoms with Crippen LogP contribution in [0.4, 0.5) is 17.6 Å². The third-order valence-electron chi connectivity index (χ3n) is 7.59. The number of alkyl halides is 3. The summed E-state index contributed by atoms with van der Waals surface area (Å²) in [7, 11) is 0. The fourth-order valence-corrected chi connectivity index (χ4v) is 5.71. The molecule has 2 nitrogen and oxygen atoms in total. The molecule has 0 aliphatic heterocycles. The number of halogens is 4. The molecular formula is C28H35F4NO. The molecule has 0 unspecified atom stereocenters. The quantitative estimate of drug-likeness (QED) is 0.154. The lowest BCUT2D eigenvalue weighted by Crippen LogP contribution is -2.25. The van der Waals surface area contributed by atoms with Crippen molar-refractivity contribution >= 4 is 0 Å². The van der Waals surface area contributed by atoms with E-state index in [4.69, 9.17) is 5.26 Å². The molecule has 34 heavy (non-hydrogen) atoms. The summed E-state index contributed by atoms with van der Waals surface area (Å²) in [6, 6.07) is 7.71. The van der Waals surface area contributed by atoms with E-state index in [9.17, 15) is 17.6 Å². The average molecular weight is 478 g/mol. The van der Waals surface area contributed by atoms with Gasteiger partial charge in [0, 0.05) is 0 Å². The first-order valence-corrected chi connectivity index (χ1v) is 12.6. The van der Waals surface area contributed by atoms with Gasteiger partial charge in [-0.15, -0.1) is 13.2 Å². The van der Waals surface area contributed by atoms with Crippen LogP contribution in [0.1, 0.15) is 76.2 Å². The molecule has 0 bridgehead atoms.